The molecule has 0 aromatic heterocycles. The van der Waals surface area contributed by atoms with Crippen molar-refractivity contribution < 1.29 is 4.74 Å². The van der Waals surface area contributed by atoms with Crippen LogP contribution in [-0.2, 0) is 0 Å². The molecule has 1 aliphatic rings. The van der Waals surface area contributed by atoms with Gasteiger partial charge < -0.3 is 10.1 Å². The summed E-state index contributed by atoms with van der Waals surface area (Å²) in [6.07, 6.45) is 2.16. The summed E-state index contributed by atoms with van der Waals surface area (Å²) in [6.45, 7) is 4.13. The molecule has 0 aliphatic carbocycles. The minimum Gasteiger partial charge on any atom is -0.487 e. The second kappa shape index (κ2) is 6.33. The van der Waals surface area contributed by atoms with Gasteiger partial charge in [0.1, 0.15) is 11.1 Å². The van der Waals surface area contributed by atoms with Gasteiger partial charge in [-0.05, 0) is 31.5 Å². The highest BCUT2D eigenvalue weighted by atomic mass is 35.5. The van der Waals surface area contributed by atoms with E-state index in [1.807, 2.05) is 0 Å². The van der Waals surface area contributed by atoms with Crippen molar-refractivity contribution in [2.45, 2.75) is 25.9 Å². The lowest BCUT2D eigenvalue weighted by Gasteiger charge is -2.24. The zero-order chi connectivity index (χ0) is 13.1. The maximum absolute atomic E-state index is 6.15. The molecule has 2 rings (SSSR count). The second-order valence-electron chi connectivity index (χ2n) is 4.49. The molecule has 18 heavy (non-hydrogen) atoms. The smallest absolute Gasteiger partial charge is 0.158 e. The molecule has 1 fully saturated rings. The van der Waals surface area contributed by atoms with E-state index >= 15 is 0 Å². The number of hydrogen-bond acceptors (Lipinski definition) is 2. The number of rotatable bonds is 4. The SMILES string of the molecule is CC[C@H](Oc1c(Cl)ccc(Cl)c1Cl)C1CCNC1. The third kappa shape index (κ3) is 3.05. The van der Waals surface area contributed by atoms with Gasteiger partial charge in [0.15, 0.2) is 5.75 Å². The molecule has 1 N–H and O–H groups in total. The van der Waals surface area contributed by atoms with Crippen molar-refractivity contribution in [2.75, 3.05) is 13.1 Å². The number of ether oxygens (including phenoxy) is 1. The van der Waals surface area contributed by atoms with E-state index in [4.69, 9.17) is 39.5 Å². The van der Waals surface area contributed by atoms with Crippen LogP contribution in [0.3, 0.4) is 0 Å². The van der Waals surface area contributed by atoms with Crippen LogP contribution in [0.1, 0.15) is 19.8 Å². The first-order valence-corrected chi connectivity index (χ1v) is 7.27. The van der Waals surface area contributed by atoms with Gasteiger partial charge in [-0.3, -0.25) is 0 Å². The molecule has 1 aliphatic heterocycles. The van der Waals surface area contributed by atoms with E-state index in [1.54, 1.807) is 12.1 Å². The molecule has 0 radical (unpaired) electrons. The van der Waals surface area contributed by atoms with Crippen LogP contribution in [0.15, 0.2) is 12.1 Å². The molecular weight excluding hydrogens is 293 g/mol. The van der Waals surface area contributed by atoms with E-state index in [1.165, 1.54) is 0 Å². The quantitative estimate of drug-likeness (QED) is 0.832. The van der Waals surface area contributed by atoms with Gasteiger partial charge in [0, 0.05) is 12.5 Å². The van der Waals surface area contributed by atoms with Crippen LogP contribution in [0.2, 0.25) is 15.1 Å². The summed E-state index contributed by atoms with van der Waals surface area (Å²) in [4.78, 5) is 0. The molecular formula is C13H16Cl3NO. The number of halogens is 3. The summed E-state index contributed by atoms with van der Waals surface area (Å²) >= 11 is 18.3. The van der Waals surface area contributed by atoms with Crippen LogP contribution in [0.4, 0.5) is 0 Å². The second-order valence-corrected chi connectivity index (χ2v) is 5.68. The lowest BCUT2D eigenvalue weighted by Crippen LogP contribution is -2.28. The number of benzene rings is 1. The Bertz CT molecular complexity index is 419. The number of nitrogens with one attached hydrogen (secondary N) is 1. The lowest BCUT2D eigenvalue weighted by atomic mass is 9.99. The average Bonchev–Trinajstić information content (AvgIpc) is 2.88. The molecule has 1 heterocycles. The lowest BCUT2D eigenvalue weighted by molar-refractivity contribution is 0.139. The van der Waals surface area contributed by atoms with Crippen LogP contribution in [0.25, 0.3) is 0 Å². The summed E-state index contributed by atoms with van der Waals surface area (Å²) in [5, 5.41) is 4.71. The molecule has 1 saturated heterocycles. The summed E-state index contributed by atoms with van der Waals surface area (Å²) in [6, 6.07) is 3.39. The minimum absolute atomic E-state index is 0.119. The molecule has 0 spiro atoms. The van der Waals surface area contributed by atoms with Crippen molar-refractivity contribution in [3.05, 3.63) is 27.2 Å². The highest BCUT2D eigenvalue weighted by Gasteiger charge is 2.26. The Balaban J connectivity index is 2.18. The van der Waals surface area contributed by atoms with Gasteiger partial charge >= 0.3 is 0 Å². The molecule has 0 saturated carbocycles. The Morgan fingerprint density at radius 2 is 2.06 bits per heavy atom. The third-order valence-corrected chi connectivity index (χ3v) is 4.38. The fraction of sp³-hybridized carbons (Fsp3) is 0.538. The van der Waals surface area contributed by atoms with Crippen molar-refractivity contribution in [1.82, 2.24) is 5.32 Å². The Morgan fingerprint density at radius 3 is 2.67 bits per heavy atom. The van der Waals surface area contributed by atoms with Crippen LogP contribution >= 0.6 is 34.8 Å². The van der Waals surface area contributed by atoms with Crippen LogP contribution in [0, 0.1) is 5.92 Å². The van der Waals surface area contributed by atoms with Crippen molar-refractivity contribution >= 4 is 34.8 Å². The average molecular weight is 309 g/mol. The third-order valence-electron chi connectivity index (χ3n) is 3.30. The molecule has 1 aromatic rings. The molecule has 2 atom stereocenters. The van der Waals surface area contributed by atoms with E-state index in [9.17, 15) is 0 Å². The Morgan fingerprint density at radius 1 is 1.33 bits per heavy atom. The molecule has 1 aromatic carbocycles. The molecule has 5 heteroatoms. The van der Waals surface area contributed by atoms with Gasteiger partial charge in [0.05, 0.1) is 10.0 Å². The standard InChI is InChI=1S/C13H16Cl3NO/c1-2-11(8-5-6-17-7-8)18-13-10(15)4-3-9(14)12(13)16/h3-4,8,11,17H,2,5-7H2,1H3/t8?,11-/m0/s1. The summed E-state index contributed by atoms with van der Waals surface area (Å²) in [5.74, 6) is 1.01. The maximum Gasteiger partial charge on any atom is 0.158 e. The van der Waals surface area contributed by atoms with E-state index in [0.717, 1.165) is 25.9 Å². The largest absolute Gasteiger partial charge is 0.487 e. The number of hydrogen-bond donors (Lipinski definition) is 1. The zero-order valence-electron chi connectivity index (χ0n) is 10.2. The predicted molar refractivity (Wildman–Crippen MR) is 77.2 cm³/mol. The van der Waals surface area contributed by atoms with Gasteiger partial charge in [-0.25, -0.2) is 0 Å². The minimum atomic E-state index is 0.119. The fourth-order valence-electron chi connectivity index (χ4n) is 2.28. The first-order chi connectivity index (χ1) is 8.63. The van der Waals surface area contributed by atoms with Gasteiger partial charge in [-0.2, -0.15) is 0 Å². The first kappa shape index (κ1) is 14.3. The molecule has 0 bridgehead atoms. The molecule has 1 unspecified atom stereocenters. The Kier molecular flexibility index (Phi) is 5.02. The van der Waals surface area contributed by atoms with Crippen molar-refractivity contribution in [1.29, 1.82) is 0 Å². The van der Waals surface area contributed by atoms with Crippen molar-refractivity contribution in [3.63, 3.8) is 0 Å². The van der Waals surface area contributed by atoms with Gasteiger partial charge in [-0.1, -0.05) is 41.7 Å². The Labute approximate surface area is 123 Å². The fourth-order valence-corrected chi connectivity index (χ4v) is 2.88. The van der Waals surface area contributed by atoms with Crippen LogP contribution < -0.4 is 10.1 Å². The Hall–Kier alpha value is -0.150. The van der Waals surface area contributed by atoms with Crippen molar-refractivity contribution in [3.8, 4) is 5.75 Å². The monoisotopic (exact) mass is 307 g/mol. The molecule has 0 amide bonds. The van der Waals surface area contributed by atoms with Gasteiger partial charge in [0.25, 0.3) is 0 Å². The summed E-state index contributed by atoms with van der Waals surface area (Å²) in [5.41, 5.74) is 0. The van der Waals surface area contributed by atoms with Crippen LogP contribution in [0.5, 0.6) is 5.75 Å². The highest BCUT2D eigenvalue weighted by Crippen LogP contribution is 2.39. The highest BCUT2D eigenvalue weighted by molar-refractivity contribution is 6.44. The molecule has 100 valence electrons. The van der Waals surface area contributed by atoms with Gasteiger partial charge in [-0.15, -0.1) is 0 Å². The van der Waals surface area contributed by atoms with E-state index in [2.05, 4.69) is 12.2 Å². The van der Waals surface area contributed by atoms with Crippen LogP contribution in [-0.4, -0.2) is 19.2 Å². The normalized spacial score (nSPS) is 21.0. The van der Waals surface area contributed by atoms with Crippen molar-refractivity contribution in [2.24, 2.45) is 5.92 Å². The van der Waals surface area contributed by atoms with E-state index in [-0.39, 0.29) is 6.10 Å². The van der Waals surface area contributed by atoms with E-state index < -0.39 is 0 Å². The predicted octanol–water partition coefficient (Wildman–Crippen LogP) is 4.41. The van der Waals surface area contributed by atoms with E-state index in [0.29, 0.717) is 26.7 Å². The zero-order valence-corrected chi connectivity index (χ0v) is 12.4. The first-order valence-electron chi connectivity index (χ1n) is 6.14. The topological polar surface area (TPSA) is 21.3 Å². The van der Waals surface area contributed by atoms with Gasteiger partial charge in [0.2, 0.25) is 0 Å². The molecule has 2 nitrogen and oxygen atoms in total. The maximum atomic E-state index is 6.15. The summed E-state index contributed by atoms with van der Waals surface area (Å²) < 4.78 is 6.00. The summed E-state index contributed by atoms with van der Waals surface area (Å²) in [7, 11) is 0.